The SMILES string of the molecule is CCOC(=O)c1cnn(C2CCOCC2)c1-c1ccc(C2CC2)cc1F. The summed E-state index contributed by atoms with van der Waals surface area (Å²) in [5, 5.41) is 4.42. The molecule has 4 rings (SSSR count). The summed E-state index contributed by atoms with van der Waals surface area (Å²) in [6.45, 7) is 3.30. The van der Waals surface area contributed by atoms with E-state index in [1.54, 1.807) is 23.7 Å². The van der Waals surface area contributed by atoms with Crippen LogP contribution in [0, 0.1) is 5.82 Å². The Kier molecular flexibility index (Phi) is 4.76. The van der Waals surface area contributed by atoms with Gasteiger partial charge in [-0.3, -0.25) is 4.68 Å². The van der Waals surface area contributed by atoms with Gasteiger partial charge in [-0.05, 0) is 56.2 Å². The van der Waals surface area contributed by atoms with Crippen LogP contribution in [-0.2, 0) is 9.47 Å². The van der Waals surface area contributed by atoms with E-state index in [9.17, 15) is 9.18 Å². The molecule has 2 aliphatic rings. The second kappa shape index (κ2) is 7.19. The molecule has 1 aromatic heterocycles. The molecule has 0 N–H and O–H groups in total. The smallest absolute Gasteiger partial charge is 0.341 e. The number of benzene rings is 1. The molecule has 1 aromatic carbocycles. The summed E-state index contributed by atoms with van der Waals surface area (Å²) in [7, 11) is 0. The lowest BCUT2D eigenvalue weighted by atomic mass is 10.0. The molecule has 138 valence electrons. The quantitative estimate of drug-likeness (QED) is 0.755. The van der Waals surface area contributed by atoms with E-state index in [0.717, 1.165) is 31.2 Å². The number of hydrogen-bond donors (Lipinski definition) is 0. The first-order chi connectivity index (χ1) is 12.7. The number of ether oxygens (including phenoxy) is 2. The largest absolute Gasteiger partial charge is 0.462 e. The average molecular weight is 358 g/mol. The molecule has 0 amide bonds. The molecular formula is C20H23FN2O3. The summed E-state index contributed by atoms with van der Waals surface area (Å²) in [4.78, 5) is 12.4. The van der Waals surface area contributed by atoms with Gasteiger partial charge in [0.2, 0.25) is 0 Å². The molecule has 1 saturated carbocycles. The van der Waals surface area contributed by atoms with E-state index >= 15 is 0 Å². The molecule has 2 fully saturated rings. The molecule has 0 spiro atoms. The number of rotatable bonds is 5. The standard InChI is InChI=1S/C20H23FN2O3/c1-2-26-20(24)17-12-22-23(15-7-9-25-10-8-15)19(17)16-6-5-14(11-18(16)21)13-3-4-13/h5-6,11-13,15H,2-4,7-10H2,1H3. The van der Waals surface area contributed by atoms with Gasteiger partial charge in [-0.1, -0.05) is 6.07 Å². The maximum absolute atomic E-state index is 15.0. The molecule has 0 bridgehead atoms. The molecule has 6 heteroatoms. The molecule has 5 nitrogen and oxygen atoms in total. The zero-order valence-corrected chi connectivity index (χ0v) is 14.9. The first kappa shape index (κ1) is 17.2. The number of hydrogen-bond acceptors (Lipinski definition) is 4. The zero-order chi connectivity index (χ0) is 18.1. The van der Waals surface area contributed by atoms with Crippen molar-refractivity contribution in [1.29, 1.82) is 0 Å². The van der Waals surface area contributed by atoms with Gasteiger partial charge in [0.05, 0.1) is 24.5 Å². The summed E-state index contributed by atoms with van der Waals surface area (Å²) >= 11 is 0. The molecule has 0 atom stereocenters. The second-order valence-electron chi connectivity index (χ2n) is 6.93. The Morgan fingerprint density at radius 2 is 2.08 bits per heavy atom. The van der Waals surface area contributed by atoms with Crippen LogP contribution in [0.1, 0.15) is 60.5 Å². The Labute approximate surface area is 152 Å². The summed E-state index contributed by atoms with van der Waals surface area (Å²) in [5.74, 6) is -0.302. The number of halogens is 1. The van der Waals surface area contributed by atoms with Gasteiger partial charge in [0.15, 0.2) is 0 Å². The number of aromatic nitrogens is 2. The fraction of sp³-hybridized carbons (Fsp3) is 0.500. The molecule has 0 unspecified atom stereocenters. The Hall–Kier alpha value is -2.21. The minimum absolute atomic E-state index is 0.0874. The van der Waals surface area contributed by atoms with Crippen molar-refractivity contribution in [3.8, 4) is 11.3 Å². The normalized spacial score (nSPS) is 18.1. The highest BCUT2D eigenvalue weighted by molar-refractivity contribution is 5.96. The highest BCUT2D eigenvalue weighted by Crippen LogP contribution is 2.41. The van der Waals surface area contributed by atoms with E-state index in [-0.39, 0.29) is 18.5 Å². The predicted octanol–water partition coefficient (Wildman–Crippen LogP) is 4.09. The van der Waals surface area contributed by atoms with Crippen LogP contribution < -0.4 is 0 Å². The van der Waals surface area contributed by atoms with Crippen LogP contribution in [0.3, 0.4) is 0 Å². The number of carbonyl (C=O) groups excluding carboxylic acids is 1. The molecule has 0 radical (unpaired) electrons. The highest BCUT2D eigenvalue weighted by atomic mass is 19.1. The lowest BCUT2D eigenvalue weighted by Gasteiger charge is -2.24. The molecule has 1 aliphatic carbocycles. The average Bonchev–Trinajstić information content (AvgIpc) is 3.41. The summed E-state index contributed by atoms with van der Waals surface area (Å²) in [5.41, 5.74) is 2.26. The Morgan fingerprint density at radius 1 is 1.31 bits per heavy atom. The van der Waals surface area contributed by atoms with Crippen molar-refractivity contribution >= 4 is 5.97 Å². The van der Waals surface area contributed by atoms with E-state index in [1.165, 1.54) is 6.20 Å². The van der Waals surface area contributed by atoms with Crippen LogP contribution in [-0.4, -0.2) is 35.6 Å². The summed E-state index contributed by atoms with van der Waals surface area (Å²) in [6.07, 6.45) is 5.31. The predicted molar refractivity (Wildman–Crippen MR) is 94.6 cm³/mol. The Bertz CT molecular complexity index is 807. The minimum atomic E-state index is -0.466. The number of esters is 1. The van der Waals surface area contributed by atoms with Gasteiger partial charge in [-0.25, -0.2) is 9.18 Å². The first-order valence-corrected chi connectivity index (χ1v) is 9.31. The molecule has 1 saturated heterocycles. The lowest BCUT2D eigenvalue weighted by molar-refractivity contribution is 0.0526. The summed E-state index contributed by atoms with van der Waals surface area (Å²) < 4.78 is 27.3. The highest BCUT2D eigenvalue weighted by Gasteiger charge is 2.29. The molecule has 26 heavy (non-hydrogen) atoms. The van der Waals surface area contributed by atoms with Crippen molar-refractivity contribution in [2.24, 2.45) is 0 Å². The van der Waals surface area contributed by atoms with E-state index in [2.05, 4.69) is 5.10 Å². The Morgan fingerprint density at radius 3 is 2.73 bits per heavy atom. The van der Waals surface area contributed by atoms with Crippen LogP contribution in [0.2, 0.25) is 0 Å². The first-order valence-electron chi connectivity index (χ1n) is 9.31. The topological polar surface area (TPSA) is 53.3 Å². The maximum atomic E-state index is 15.0. The van der Waals surface area contributed by atoms with Crippen LogP contribution in [0.5, 0.6) is 0 Å². The van der Waals surface area contributed by atoms with Gasteiger partial charge in [-0.2, -0.15) is 5.10 Å². The third-order valence-corrected chi connectivity index (χ3v) is 5.12. The van der Waals surface area contributed by atoms with Gasteiger partial charge in [0.1, 0.15) is 11.4 Å². The fourth-order valence-electron chi connectivity index (χ4n) is 3.59. The number of carbonyl (C=O) groups is 1. The van der Waals surface area contributed by atoms with Crippen molar-refractivity contribution in [2.45, 2.75) is 44.6 Å². The second-order valence-corrected chi connectivity index (χ2v) is 6.93. The zero-order valence-electron chi connectivity index (χ0n) is 14.9. The van der Waals surface area contributed by atoms with Crippen LogP contribution >= 0.6 is 0 Å². The lowest BCUT2D eigenvalue weighted by Crippen LogP contribution is -2.21. The van der Waals surface area contributed by atoms with Gasteiger partial charge in [0.25, 0.3) is 0 Å². The van der Waals surface area contributed by atoms with Crippen molar-refractivity contribution < 1.29 is 18.7 Å². The van der Waals surface area contributed by atoms with Crippen LogP contribution in [0.4, 0.5) is 4.39 Å². The molecule has 2 aromatic rings. The summed E-state index contributed by atoms with van der Waals surface area (Å²) in [6, 6.07) is 5.43. The van der Waals surface area contributed by atoms with E-state index in [4.69, 9.17) is 9.47 Å². The van der Waals surface area contributed by atoms with Crippen molar-refractivity contribution in [1.82, 2.24) is 9.78 Å². The maximum Gasteiger partial charge on any atom is 0.341 e. The molecule has 1 aliphatic heterocycles. The van der Waals surface area contributed by atoms with Crippen molar-refractivity contribution in [2.75, 3.05) is 19.8 Å². The molecule has 2 heterocycles. The van der Waals surface area contributed by atoms with Crippen molar-refractivity contribution in [3.63, 3.8) is 0 Å². The van der Waals surface area contributed by atoms with Crippen molar-refractivity contribution in [3.05, 3.63) is 41.3 Å². The van der Waals surface area contributed by atoms with Gasteiger partial charge < -0.3 is 9.47 Å². The van der Waals surface area contributed by atoms with E-state index in [0.29, 0.717) is 36.0 Å². The van der Waals surface area contributed by atoms with E-state index < -0.39 is 5.97 Å². The van der Waals surface area contributed by atoms with Crippen LogP contribution in [0.25, 0.3) is 11.3 Å². The molecular weight excluding hydrogens is 335 g/mol. The van der Waals surface area contributed by atoms with Gasteiger partial charge in [-0.15, -0.1) is 0 Å². The monoisotopic (exact) mass is 358 g/mol. The third kappa shape index (κ3) is 3.26. The van der Waals surface area contributed by atoms with Gasteiger partial charge in [0, 0.05) is 18.8 Å². The van der Waals surface area contributed by atoms with E-state index in [1.807, 2.05) is 6.07 Å². The fourth-order valence-corrected chi connectivity index (χ4v) is 3.59. The van der Waals surface area contributed by atoms with Gasteiger partial charge >= 0.3 is 5.97 Å². The third-order valence-electron chi connectivity index (χ3n) is 5.12. The Balaban J connectivity index is 1.78. The number of nitrogens with zero attached hydrogens (tertiary/aromatic N) is 2. The minimum Gasteiger partial charge on any atom is -0.462 e. The van der Waals surface area contributed by atoms with Crippen LogP contribution in [0.15, 0.2) is 24.4 Å².